The summed E-state index contributed by atoms with van der Waals surface area (Å²) in [4.78, 5) is 25.6. The van der Waals surface area contributed by atoms with Gasteiger partial charge in [0.15, 0.2) is 5.78 Å². The van der Waals surface area contributed by atoms with Crippen molar-refractivity contribution >= 4 is 17.4 Å². The lowest BCUT2D eigenvalue weighted by Gasteiger charge is -2.22. The van der Waals surface area contributed by atoms with Crippen molar-refractivity contribution in [2.24, 2.45) is 0 Å². The molecule has 3 aromatic rings. The highest BCUT2D eigenvalue weighted by atomic mass is 16.2. The van der Waals surface area contributed by atoms with Gasteiger partial charge in [-0.1, -0.05) is 78.9 Å². The van der Waals surface area contributed by atoms with E-state index in [4.69, 9.17) is 0 Å². The molecule has 0 saturated heterocycles. The molecule has 3 heteroatoms. The summed E-state index contributed by atoms with van der Waals surface area (Å²) in [6, 6.07) is 26.9. The number of carbonyl (C=O) groups excluding carboxylic acids is 2. The van der Waals surface area contributed by atoms with Crippen molar-refractivity contribution in [3.05, 3.63) is 102 Å². The zero-order valence-corrected chi connectivity index (χ0v) is 14.3. The molecular weight excluding hydrogens is 322 g/mol. The maximum absolute atomic E-state index is 12.9. The summed E-state index contributed by atoms with van der Waals surface area (Å²) in [5, 5.41) is 2.96. The van der Waals surface area contributed by atoms with E-state index in [1.54, 1.807) is 0 Å². The molecule has 2 atom stereocenters. The number of hydrogen-bond acceptors (Lipinski definition) is 2. The van der Waals surface area contributed by atoms with Crippen molar-refractivity contribution in [2.45, 2.75) is 18.3 Å². The van der Waals surface area contributed by atoms with Crippen molar-refractivity contribution in [3.63, 3.8) is 0 Å². The van der Waals surface area contributed by atoms with E-state index < -0.39 is 0 Å². The minimum atomic E-state index is -0.360. The molecule has 0 unspecified atom stereocenters. The van der Waals surface area contributed by atoms with Crippen molar-refractivity contribution < 1.29 is 9.59 Å². The summed E-state index contributed by atoms with van der Waals surface area (Å²) in [6.45, 7) is 0. The number of hydrogen-bond donors (Lipinski definition) is 1. The Morgan fingerprint density at radius 1 is 0.846 bits per heavy atom. The number of para-hydroxylation sites is 1. The van der Waals surface area contributed by atoms with Crippen molar-refractivity contribution in [3.8, 4) is 0 Å². The van der Waals surface area contributed by atoms with E-state index in [0.29, 0.717) is 12.0 Å². The molecule has 0 spiro atoms. The van der Waals surface area contributed by atoms with Crippen LogP contribution in [0.15, 0.2) is 84.9 Å². The van der Waals surface area contributed by atoms with E-state index in [1.807, 2.05) is 84.9 Å². The second kappa shape index (κ2) is 6.96. The Hall–Kier alpha value is -3.20. The molecule has 3 aromatic carbocycles. The van der Waals surface area contributed by atoms with Crippen LogP contribution in [0.2, 0.25) is 0 Å². The van der Waals surface area contributed by atoms with Crippen LogP contribution < -0.4 is 5.32 Å². The van der Waals surface area contributed by atoms with Gasteiger partial charge in [-0.25, -0.2) is 0 Å². The van der Waals surface area contributed by atoms with Gasteiger partial charge >= 0.3 is 0 Å². The molecule has 4 rings (SSSR count). The van der Waals surface area contributed by atoms with Gasteiger partial charge in [-0.15, -0.1) is 0 Å². The van der Waals surface area contributed by atoms with Crippen molar-refractivity contribution in [2.75, 3.05) is 5.32 Å². The van der Waals surface area contributed by atoms with E-state index >= 15 is 0 Å². The smallest absolute Gasteiger partial charge is 0.232 e. The Morgan fingerprint density at radius 3 is 2.19 bits per heavy atom. The van der Waals surface area contributed by atoms with Gasteiger partial charge in [0.25, 0.3) is 0 Å². The fourth-order valence-electron chi connectivity index (χ4n) is 3.70. The highest BCUT2D eigenvalue weighted by molar-refractivity contribution is 6.04. The van der Waals surface area contributed by atoms with Crippen molar-refractivity contribution in [1.82, 2.24) is 0 Å². The first kappa shape index (κ1) is 16.3. The second-order valence-corrected chi connectivity index (χ2v) is 6.56. The fourth-order valence-corrected chi connectivity index (χ4v) is 3.70. The molecule has 0 aliphatic carbocycles. The number of nitrogens with one attached hydrogen (secondary N) is 1. The third-order valence-electron chi connectivity index (χ3n) is 4.97. The molecule has 1 aliphatic heterocycles. The average molecular weight is 341 g/mol. The number of ketones is 1. The molecule has 0 radical (unpaired) electrons. The molecule has 3 nitrogen and oxygen atoms in total. The molecule has 0 aromatic heterocycles. The standard InChI is InChI=1S/C23H19NO2/c25-21(17-11-5-2-6-12-17)15-19(16-9-3-1-4-10-16)22-18-13-7-8-14-20(18)24-23(22)26/h1-14,19,22H,15H2,(H,24,26)/t19-,22+/m0/s1. The molecule has 1 N–H and O–H groups in total. The van der Waals surface area contributed by atoms with E-state index in [9.17, 15) is 9.59 Å². The quantitative estimate of drug-likeness (QED) is 0.679. The van der Waals surface area contributed by atoms with Crippen molar-refractivity contribution in [1.29, 1.82) is 0 Å². The number of Topliss-reactive ketones (excluding diaryl/α,β-unsaturated/α-hetero) is 1. The lowest BCUT2D eigenvalue weighted by molar-refractivity contribution is -0.117. The minimum absolute atomic E-state index is 0.0408. The first-order valence-corrected chi connectivity index (χ1v) is 8.77. The number of benzene rings is 3. The third kappa shape index (κ3) is 3.04. The Morgan fingerprint density at radius 2 is 1.46 bits per heavy atom. The van der Waals surface area contributed by atoms with Crippen LogP contribution in [0.25, 0.3) is 0 Å². The predicted molar refractivity (Wildman–Crippen MR) is 102 cm³/mol. The molecule has 1 amide bonds. The summed E-state index contributed by atoms with van der Waals surface area (Å²) < 4.78 is 0. The summed E-state index contributed by atoms with van der Waals surface area (Å²) in [7, 11) is 0. The first-order chi connectivity index (χ1) is 12.7. The number of rotatable bonds is 5. The van der Waals surface area contributed by atoms with Crippen LogP contribution in [-0.4, -0.2) is 11.7 Å². The van der Waals surface area contributed by atoms with Gasteiger partial charge in [-0.05, 0) is 17.2 Å². The van der Waals surface area contributed by atoms with Gasteiger partial charge < -0.3 is 5.32 Å². The maximum Gasteiger partial charge on any atom is 0.232 e. The summed E-state index contributed by atoms with van der Waals surface area (Å²) in [6.07, 6.45) is 0.292. The monoisotopic (exact) mass is 341 g/mol. The van der Waals surface area contributed by atoms with Crippen LogP contribution in [0.5, 0.6) is 0 Å². The molecule has 1 aliphatic rings. The maximum atomic E-state index is 12.9. The largest absolute Gasteiger partial charge is 0.325 e. The van der Waals surface area contributed by atoms with E-state index in [2.05, 4.69) is 5.32 Å². The van der Waals surface area contributed by atoms with Gasteiger partial charge in [0.2, 0.25) is 5.91 Å². The van der Waals surface area contributed by atoms with E-state index in [-0.39, 0.29) is 23.5 Å². The van der Waals surface area contributed by atoms with Crippen LogP contribution >= 0.6 is 0 Å². The Balaban J connectivity index is 1.73. The molecular formula is C23H19NO2. The van der Waals surface area contributed by atoms with E-state index in [1.165, 1.54) is 0 Å². The SMILES string of the molecule is O=C(C[C@@H](c1ccccc1)[C@@H]1C(=O)Nc2ccccc21)c1ccccc1. The van der Waals surface area contributed by atoms with Crippen LogP contribution in [0.3, 0.4) is 0 Å². The Labute approximate surface area is 152 Å². The number of amides is 1. The molecule has 0 bridgehead atoms. The van der Waals surface area contributed by atoms with Gasteiger partial charge in [0.1, 0.15) is 0 Å². The third-order valence-corrected chi connectivity index (χ3v) is 4.97. The predicted octanol–water partition coefficient (Wildman–Crippen LogP) is 4.78. The lowest BCUT2D eigenvalue weighted by Crippen LogP contribution is -2.22. The number of anilines is 1. The summed E-state index contributed by atoms with van der Waals surface area (Å²) >= 11 is 0. The Kier molecular flexibility index (Phi) is 4.36. The molecule has 128 valence electrons. The van der Waals surface area contributed by atoms with E-state index in [0.717, 1.165) is 16.8 Å². The normalized spacial score (nSPS) is 16.6. The van der Waals surface area contributed by atoms with Crippen LogP contribution in [0.1, 0.15) is 39.7 Å². The van der Waals surface area contributed by atoms with Gasteiger partial charge in [-0.3, -0.25) is 9.59 Å². The topological polar surface area (TPSA) is 46.2 Å². The molecule has 1 heterocycles. The van der Waals surface area contributed by atoms with Crippen LogP contribution in [-0.2, 0) is 4.79 Å². The second-order valence-electron chi connectivity index (χ2n) is 6.56. The Bertz CT molecular complexity index is 935. The summed E-state index contributed by atoms with van der Waals surface area (Å²) in [5.41, 5.74) is 3.50. The fraction of sp³-hybridized carbons (Fsp3) is 0.130. The highest BCUT2D eigenvalue weighted by Crippen LogP contribution is 2.43. The molecule has 26 heavy (non-hydrogen) atoms. The number of fused-ring (bicyclic) bond motifs is 1. The van der Waals surface area contributed by atoms with Gasteiger partial charge in [0, 0.05) is 23.6 Å². The zero-order chi connectivity index (χ0) is 17.9. The first-order valence-electron chi connectivity index (χ1n) is 8.77. The van der Waals surface area contributed by atoms with Gasteiger partial charge in [0.05, 0.1) is 5.92 Å². The highest BCUT2D eigenvalue weighted by Gasteiger charge is 2.38. The summed E-state index contributed by atoms with van der Waals surface area (Å²) in [5.74, 6) is -0.550. The lowest BCUT2D eigenvalue weighted by atomic mass is 9.78. The van der Waals surface area contributed by atoms with Gasteiger partial charge in [-0.2, -0.15) is 0 Å². The number of carbonyl (C=O) groups is 2. The minimum Gasteiger partial charge on any atom is -0.325 e. The van der Waals surface area contributed by atoms with Crippen LogP contribution in [0.4, 0.5) is 5.69 Å². The zero-order valence-electron chi connectivity index (χ0n) is 14.3. The molecule has 0 fully saturated rings. The average Bonchev–Trinajstić information content (AvgIpc) is 3.03. The van der Waals surface area contributed by atoms with Crippen LogP contribution in [0, 0.1) is 0 Å². The molecule has 0 saturated carbocycles.